The molecule has 4 aromatic rings. The van der Waals surface area contributed by atoms with Crippen LogP contribution in [0.25, 0.3) is 32.1 Å². The van der Waals surface area contributed by atoms with E-state index in [1.165, 1.54) is 6.07 Å². The quantitative estimate of drug-likeness (QED) is 0.252. The number of rotatable bonds is 6. The number of halogens is 2. The lowest BCUT2D eigenvalue weighted by Crippen LogP contribution is -2.43. The summed E-state index contributed by atoms with van der Waals surface area (Å²) < 4.78 is 21.3. The summed E-state index contributed by atoms with van der Waals surface area (Å²) in [6.45, 7) is 8.37. The number of nitrogens with one attached hydrogen (secondary N) is 2. The van der Waals surface area contributed by atoms with Crippen molar-refractivity contribution < 1.29 is 13.9 Å². The van der Waals surface area contributed by atoms with Gasteiger partial charge >= 0.3 is 0 Å². The Morgan fingerprint density at radius 3 is 2.69 bits per heavy atom. The van der Waals surface area contributed by atoms with Gasteiger partial charge in [0, 0.05) is 49.2 Å². The molecular weight excluding hydrogens is 615 g/mol. The molecule has 234 valence electrons. The Morgan fingerprint density at radius 1 is 1.20 bits per heavy atom. The molecule has 0 spiro atoms. The number of ether oxygens (including phenoxy) is 1. The molecule has 2 saturated heterocycles. The highest BCUT2D eigenvalue weighted by Gasteiger charge is 2.36. The molecule has 5 heterocycles. The Morgan fingerprint density at radius 2 is 1.98 bits per heavy atom. The zero-order valence-electron chi connectivity index (χ0n) is 25.5. The van der Waals surface area contributed by atoms with E-state index in [2.05, 4.69) is 42.4 Å². The van der Waals surface area contributed by atoms with Gasteiger partial charge in [-0.05, 0) is 42.5 Å². The van der Waals surface area contributed by atoms with Crippen molar-refractivity contribution >= 4 is 66.6 Å². The van der Waals surface area contributed by atoms with Crippen molar-refractivity contribution in [3.63, 3.8) is 0 Å². The molecule has 3 atom stereocenters. The maximum Gasteiger partial charge on any atom is 0.244 e. The summed E-state index contributed by atoms with van der Waals surface area (Å²) in [5, 5.41) is 18.8. The van der Waals surface area contributed by atoms with Crippen LogP contribution in [0.5, 0.6) is 0 Å². The lowest BCUT2D eigenvalue weighted by molar-refractivity contribution is -0.127. The van der Waals surface area contributed by atoms with Crippen LogP contribution in [-0.2, 0) is 22.7 Å². The molecule has 2 aromatic carbocycles. The van der Waals surface area contributed by atoms with Crippen molar-refractivity contribution in [3.8, 4) is 17.2 Å². The first kappa shape index (κ1) is 29.9. The fraction of sp³-hybridized carbons (Fsp3) is 0.438. The summed E-state index contributed by atoms with van der Waals surface area (Å²) in [4.78, 5) is 27.1. The maximum atomic E-state index is 15.0. The van der Waals surface area contributed by atoms with Gasteiger partial charge in [0.2, 0.25) is 11.9 Å². The van der Waals surface area contributed by atoms with Gasteiger partial charge in [-0.15, -0.1) is 11.3 Å². The number of hydrogen-bond donors (Lipinski definition) is 3. The van der Waals surface area contributed by atoms with Crippen LogP contribution in [0.3, 0.4) is 0 Å². The normalized spacial score (nSPS) is 21.5. The number of hydrogen-bond acceptors (Lipinski definition) is 10. The fourth-order valence-corrected chi connectivity index (χ4v) is 8.34. The van der Waals surface area contributed by atoms with Gasteiger partial charge in [-0.2, -0.15) is 10.2 Å². The second-order valence-electron chi connectivity index (χ2n) is 12.4. The number of nitrogens with two attached hydrogens (primary N) is 1. The van der Waals surface area contributed by atoms with Gasteiger partial charge in [-0.3, -0.25) is 4.79 Å². The smallest absolute Gasteiger partial charge is 0.244 e. The van der Waals surface area contributed by atoms with Crippen LogP contribution in [0.2, 0.25) is 5.02 Å². The van der Waals surface area contributed by atoms with Crippen LogP contribution < -0.4 is 21.3 Å². The van der Waals surface area contributed by atoms with E-state index in [4.69, 9.17) is 32.0 Å². The molecule has 10 nitrogen and oxygen atoms in total. The molecule has 4 N–H and O–H groups in total. The van der Waals surface area contributed by atoms with Crippen LogP contribution in [0.1, 0.15) is 50.3 Å². The number of carbonyl (C=O) groups is 1. The number of likely N-dealkylation sites (tertiary alicyclic amines) is 1. The SMILES string of the molecule is CC(C)N[C@H]1CCN(c2nc(N[C@@H]3CCN(C)C3=O)c3c4c(c(-c5ccc(F)c6sc(N)c(C#N)c56)c(Cl)c3n2)COC4)[C@H]1C. The number of nitriles is 1. The summed E-state index contributed by atoms with van der Waals surface area (Å²) in [5.74, 6) is 0.597. The molecule has 2 aromatic heterocycles. The largest absolute Gasteiger partial charge is 0.389 e. The highest BCUT2D eigenvalue weighted by Crippen LogP contribution is 2.49. The molecule has 45 heavy (non-hydrogen) atoms. The van der Waals surface area contributed by atoms with E-state index in [9.17, 15) is 10.1 Å². The lowest BCUT2D eigenvalue weighted by atomic mass is 9.91. The Balaban J connectivity index is 1.48. The van der Waals surface area contributed by atoms with Crippen LogP contribution in [0.4, 0.5) is 21.2 Å². The molecule has 0 aliphatic carbocycles. The zero-order chi connectivity index (χ0) is 31.7. The highest BCUT2D eigenvalue weighted by molar-refractivity contribution is 7.23. The average Bonchev–Trinajstić information content (AvgIpc) is 3.78. The number of nitrogen functional groups attached to an aromatic ring is 1. The van der Waals surface area contributed by atoms with Crippen molar-refractivity contribution in [1.82, 2.24) is 20.2 Å². The zero-order valence-corrected chi connectivity index (χ0v) is 27.1. The second-order valence-corrected chi connectivity index (χ2v) is 13.8. The fourth-order valence-electron chi connectivity index (χ4n) is 7.04. The minimum Gasteiger partial charge on any atom is -0.389 e. The maximum absolute atomic E-state index is 15.0. The van der Waals surface area contributed by atoms with E-state index in [0.717, 1.165) is 35.4 Å². The molecule has 0 bridgehead atoms. The Bertz CT molecular complexity index is 1920. The van der Waals surface area contributed by atoms with E-state index in [-0.39, 0.29) is 41.8 Å². The van der Waals surface area contributed by atoms with Crippen LogP contribution in [-0.4, -0.2) is 65.1 Å². The number of carbonyl (C=O) groups excluding carboxylic acids is 1. The number of nitrogens with zero attached hydrogens (tertiary/aromatic N) is 5. The third-order valence-electron chi connectivity index (χ3n) is 9.28. The molecule has 7 rings (SSSR count). The molecule has 1 amide bonds. The monoisotopic (exact) mass is 648 g/mol. The number of anilines is 3. The van der Waals surface area contributed by atoms with Gasteiger partial charge in [-0.25, -0.2) is 9.37 Å². The first-order valence-corrected chi connectivity index (χ1v) is 16.4. The molecule has 2 fully saturated rings. The number of benzene rings is 2. The van der Waals surface area contributed by atoms with Crippen LogP contribution in [0, 0.1) is 17.1 Å². The van der Waals surface area contributed by atoms with Gasteiger partial charge in [-0.1, -0.05) is 31.5 Å². The number of likely N-dealkylation sites (N-methyl/N-ethyl adjacent to an activating group) is 1. The van der Waals surface area contributed by atoms with Gasteiger partial charge in [0.1, 0.15) is 28.7 Å². The van der Waals surface area contributed by atoms with Crippen molar-refractivity contribution in [2.75, 3.05) is 36.1 Å². The average molecular weight is 649 g/mol. The molecule has 0 saturated carbocycles. The van der Waals surface area contributed by atoms with E-state index in [1.807, 2.05) is 0 Å². The Labute approximate surface area is 269 Å². The minimum atomic E-state index is -0.452. The van der Waals surface area contributed by atoms with Crippen molar-refractivity contribution in [1.29, 1.82) is 5.26 Å². The molecule has 3 aliphatic heterocycles. The summed E-state index contributed by atoms with van der Waals surface area (Å²) in [6.07, 6.45) is 1.57. The third-order valence-corrected chi connectivity index (χ3v) is 10.7. The minimum absolute atomic E-state index is 0.00227. The summed E-state index contributed by atoms with van der Waals surface area (Å²) >= 11 is 8.42. The van der Waals surface area contributed by atoms with Crippen LogP contribution >= 0.6 is 22.9 Å². The van der Waals surface area contributed by atoms with Crippen molar-refractivity contribution in [2.45, 2.75) is 71.0 Å². The first-order valence-electron chi connectivity index (χ1n) is 15.2. The first-order chi connectivity index (χ1) is 21.6. The molecule has 13 heteroatoms. The van der Waals surface area contributed by atoms with E-state index < -0.39 is 11.9 Å². The number of aromatic nitrogens is 2. The predicted octanol–water partition coefficient (Wildman–Crippen LogP) is 5.40. The summed E-state index contributed by atoms with van der Waals surface area (Å²) in [7, 11) is 1.80. The number of thiophene rings is 1. The second kappa shape index (κ2) is 11.2. The van der Waals surface area contributed by atoms with Crippen LogP contribution in [0.15, 0.2) is 12.1 Å². The van der Waals surface area contributed by atoms with E-state index in [0.29, 0.717) is 67.9 Å². The molecule has 0 radical (unpaired) electrons. The third kappa shape index (κ3) is 4.76. The Kier molecular flexibility index (Phi) is 7.48. The number of amides is 1. The topological polar surface area (TPSA) is 132 Å². The number of fused-ring (bicyclic) bond motifs is 4. The molecule has 0 unspecified atom stereocenters. The summed E-state index contributed by atoms with van der Waals surface area (Å²) in [6, 6.07) is 5.45. The van der Waals surface area contributed by atoms with Gasteiger partial charge in [0.05, 0.1) is 39.4 Å². The predicted molar refractivity (Wildman–Crippen MR) is 176 cm³/mol. The highest BCUT2D eigenvalue weighted by atomic mass is 35.5. The van der Waals surface area contributed by atoms with E-state index >= 15 is 4.39 Å². The van der Waals surface area contributed by atoms with Gasteiger partial charge < -0.3 is 30.9 Å². The van der Waals surface area contributed by atoms with Gasteiger partial charge in [0.25, 0.3) is 0 Å². The van der Waals surface area contributed by atoms with E-state index in [1.54, 1.807) is 18.0 Å². The van der Waals surface area contributed by atoms with Gasteiger partial charge in [0.15, 0.2) is 0 Å². The standard InChI is InChI=1S/C32H34ClFN8O2S/c1-14(2)37-21-8-10-42(15(21)3)32-39-27-25(30(40-32)38-22-7-9-41(4)31(22)43)19-13-44-12-18(19)23(26(27)33)16-5-6-20(34)28-24(16)17(11-35)29(36)45-28/h5-6,14-15,21-22,37H,7-10,12-13,36H2,1-4H3,(H,38,39,40)/t15-,21-,22+/m0/s1. The lowest BCUT2D eigenvalue weighted by Gasteiger charge is -2.28. The van der Waals surface area contributed by atoms with Crippen molar-refractivity contribution in [3.05, 3.63) is 39.7 Å². The molecular formula is C32H34ClFN8O2S. The summed E-state index contributed by atoms with van der Waals surface area (Å²) in [5.41, 5.74) is 9.82. The molecule has 3 aliphatic rings. The Hall–Kier alpha value is -3.76. The van der Waals surface area contributed by atoms with Crippen molar-refractivity contribution in [2.24, 2.45) is 0 Å².